The molecule has 0 spiro atoms. The standard InChI is InChI=1S/C11H12FNO2.ClH/c12-9-4-3-8(11(14)15)7-10(9)13-5-1-2-6-13;/h3-4,7H,1-2,5-6H2,(H,14,15);1H. The summed E-state index contributed by atoms with van der Waals surface area (Å²) in [6.07, 6.45) is 2.08. The first-order valence-electron chi connectivity index (χ1n) is 4.96. The smallest absolute Gasteiger partial charge is 0.335 e. The maximum absolute atomic E-state index is 13.5. The van der Waals surface area contributed by atoms with Crippen molar-refractivity contribution in [3.05, 3.63) is 29.6 Å². The van der Waals surface area contributed by atoms with Gasteiger partial charge in [0.15, 0.2) is 0 Å². The third-order valence-corrected chi connectivity index (χ3v) is 2.64. The molecule has 1 aromatic rings. The van der Waals surface area contributed by atoms with Gasteiger partial charge in [0.2, 0.25) is 0 Å². The minimum absolute atomic E-state index is 0. The number of anilines is 1. The second-order valence-electron chi connectivity index (χ2n) is 3.67. The first kappa shape index (κ1) is 12.8. The van der Waals surface area contributed by atoms with Gasteiger partial charge in [-0.25, -0.2) is 9.18 Å². The van der Waals surface area contributed by atoms with Gasteiger partial charge in [-0.05, 0) is 31.0 Å². The van der Waals surface area contributed by atoms with Gasteiger partial charge in [-0.3, -0.25) is 0 Å². The number of carboxylic acid groups (broad SMARTS) is 1. The lowest BCUT2D eigenvalue weighted by molar-refractivity contribution is 0.0697. The number of nitrogens with zero attached hydrogens (tertiary/aromatic N) is 1. The Bertz CT molecular complexity index is 392. The third kappa shape index (κ3) is 2.44. The second kappa shape index (κ2) is 5.16. The summed E-state index contributed by atoms with van der Waals surface area (Å²) in [6.45, 7) is 1.61. The molecule has 1 heterocycles. The fraction of sp³-hybridized carbons (Fsp3) is 0.364. The lowest BCUT2D eigenvalue weighted by atomic mass is 10.2. The zero-order valence-electron chi connectivity index (χ0n) is 8.65. The SMILES string of the molecule is Cl.O=C(O)c1ccc(F)c(N2CCCC2)c1. The third-order valence-electron chi connectivity index (χ3n) is 2.64. The summed E-state index contributed by atoms with van der Waals surface area (Å²) in [6, 6.07) is 3.91. The molecule has 0 amide bonds. The van der Waals surface area contributed by atoms with E-state index in [1.807, 2.05) is 4.90 Å². The molecule has 1 aliphatic rings. The number of carboxylic acids is 1. The number of benzene rings is 1. The van der Waals surface area contributed by atoms with Crippen molar-refractivity contribution in [3.8, 4) is 0 Å². The topological polar surface area (TPSA) is 40.5 Å². The van der Waals surface area contributed by atoms with Crippen LogP contribution in [0.25, 0.3) is 0 Å². The highest BCUT2D eigenvalue weighted by Gasteiger charge is 2.17. The van der Waals surface area contributed by atoms with Crippen LogP contribution >= 0.6 is 12.4 Å². The zero-order chi connectivity index (χ0) is 10.8. The van der Waals surface area contributed by atoms with Crippen LogP contribution in [0.15, 0.2) is 18.2 Å². The molecule has 5 heteroatoms. The van der Waals surface area contributed by atoms with E-state index >= 15 is 0 Å². The van der Waals surface area contributed by atoms with E-state index in [9.17, 15) is 9.18 Å². The van der Waals surface area contributed by atoms with Crippen molar-refractivity contribution in [2.75, 3.05) is 18.0 Å². The Morgan fingerprint density at radius 3 is 2.50 bits per heavy atom. The molecular weight excluding hydrogens is 233 g/mol. The van der Waals surface area contributed by atoms with E-state index in [2.05, 4.69) is 0 Å². The minimum Gasteiger partial charge on any atom is -0.478 e. The van der Waals surface area contributed by atoms with Crippen molar-refractivity contribution in [1.29, 1.82) is 0 Å². The predicted molar refractivity (Wildman–Crippen MR) is 62.1 cm³/mol. The second-order valence-corrected chi connectivity index (χ2v) is 3.67. The van der Waals surface area contributed by atoms with Crippen molar-refractivity contribution in [1.82, 2.24) is 0 Å². The van der Waals surface area contributed by atoms with Crippen LogP contribution in [0.4, 0.5) is 10.1 Å². The molecule has 0 aromatic heterocycles. The van der Waals surface area contributed by atoms with E-state index in [1.165, 1.54) is 18.2 Å². The molecule has 0 radical (unpaired) electrons. The molecule has 1 N–H and O–H groups in total. The molecule has 2 rings (SSSR count). The van der Waals surface area contributed by atoms with Gasteiger partial charge in [0, 0.05) is 13.1 Å². The molecule has 0 saturated carbocycles. The van der Waals surface area contributed by atoms with Crippen LogP contribution in [0.3, 0.4) is 0 Å². The van der Waals surface area contributed by atoms with Crippen LogP contribution in [-0.4, -0.2) is 24.2 Å². The average molecular weight is 246 g/mol. The Labute approximate surface area is 99.3 Å². The molecule has 1 fully saturated rings. The van der Waals surface area contributed by atoms with Gasteiger partial charge in [-0.2, -0.15) is 0 Å². The summed E-state index contributed by atoms with van der Waals surface area (Å²) in [5.74, 6) is -1.36. The lowest BCUT2D eigenvalue weighted by Gasteiger charge is -2.18. The van der Waals surface area contributed by atoms with Gasteiger partial charge < -0.3 is 10.0 Å². The highest BCUT2D eigenvalue weighted by Crippen LogP contribution is 2.24. The summed E-state index contributed by atoms with van der Waals surface area (Å²) in [5, 5.41) is 8.80. The van der Waals surface area contributed by atoms with E-state index in [4.69, 9.17) is 5.11 Å². The predicted octanol–water partition coefficient (Wildman–Crippen LogP) is 2.55. The van der Waals surface area contributed by atoms with Gasteiger partial charge in [-0.15, -0.1) is 12.4 Å². The molecule has 0 atom stereocenters. The molecule has 0 aliphatic carbocycles. The Hall–Kier alpha value is -1.29. The van der Waals surface area contributed by atoms with Crippen LogP contribution in [0.1, 0.15) is 23.2 Å². The largest absolute Gasteiger partial charge is 0.478 e. The maximum Gasteiger partial charge on any atom is 0.335 e. The van der Waals surface area contributed by atoms with Crippen molar-refractivity contribution in [2.45, 2.75) is 12.8 Å². The van der Waals surface area contributed by atoms with Crippen LogP contribution in [0, 0.1) is 5.82 Å². The molecule has 1 aromatic carbocycles. The maximum atomic E-state index is 13.5. The van der Waals surface area contributed by atoms with E-state index < -0.39 is 5.97 Å². The first-order valence-corrected chi connectivity index (χ1v) is 4.96. The fourth-order valence-electron chi connectivity index (χ4n) is 1.85. The zero-order valence-corrected chi connectivity index (χ0v) is 9.47. The van der Waals surface area contributed by atoms with Gasteiger partial charge >= 0.3 is 5.97 Å². The molecule has 1 saturated heterocycles. The summed E-state index contributed by atoms with van der Waals surface area (Å²) in [7, 11) is 0. The fourth-order valence-corrected chi connectivity index (χ4v) is 1.85. The van der Waals surface area contributed by atoms with Gasteiger partial charge in [0.05, 0.1) is 11.3 Å². The summed E-state index contributed by atoms with van der Waals surface area (Å²) in [5.41, 5.74) is 0.547. The van der Waals surface area contributed by atoms with Gasteiger partial charge in [0.1, 0.15) is 5.82 Å². The summed E-state index contributed by atoms with van der Waals surface area (Å²) in [4.78, 5) is 12.6. The van der Waals surface area contributed by atoms with E-state index in [-0.39, 0.29) is 23.8 Å². The molecule has 3 nitrogen and oxygen atoms in total. The summed E-state index contributed by atoms with van der Waals surface area (Å²) < 4.78 is 13.5. The monoisotopic (exact) mass is 245 g/mol. The number of carbonyl (C=O) groups is 1. The molecule has 0 bridgehead atoms. The molecule has 1 aliphatic heterocycles. The van der Waals surface area contributed by atoms with Gasteiger partial charge in [0.25, 0.3) is 0 Å². The van der Waals surface area contributed by atoms with Crippen LogP contribution in [0.5, 0.6) is 0 Å². The van der Waals surface area contributed by atoms with Gasteiger partial charge in [-0.1, -0.05) is 0 Å². The molecular formula is C11H13ClFNO2. The van der Waals surface area contributed by atoms with Crippen molar-refractivity contribution in [3.63, 3.8) is 0 Å². The Balaban J connectivity index is 0.00000128. The van der Waals surface area contributed by atoms with Crippen molar-refractivity contribution in [2.24, 2.45) is 0 Å². The van der Waals surface area contributed by atoms with E-state index in [1.54, 1.807) is 0 Å². The van der Waals surface area contributed by atoms with Crippen LogP contribution in [-0.2, 0) is 0 Å². The van der Waals surface area contributed by atoms with Crippen molar-refractivity contribution < 1.29 is 14.3 Å². The van der Waals surface area contributed by atoms with Crippen LogP contribution in [0.2, 0.25) is 0 Å². The number of aromatic carboxylic acids is 1. The Kier molecular flexibility index (Phi) is 4.12. The van der Waals surface area contributed by atoms with Crippen LogP contribution < -0.4 is 4.90 Å². The van der Waals surface area contributed by atoms with E-state index in [0.29, 0.717) is 5.69 Å². The average Bonchev–Trinajstić information content (AvgIpc) is 2.71. The minimum atomic E-state index is -1.02. The lowest BCUT2D eigenvalue weighted by Crippen LogP contribution is -2.19. The number of hydrogen-bond donors (Lipinski definition) is 1. The van der Waals surface area contributed by atoms with E-state index in [0.717, 1.165) is 25.9 Å². The molecule has 88 valence electrons. The molecule has 0 unspecified atom stereocenters. The number of rotatable bonds is 2. The first-order chi connectivity index (χ1) is 7.18. The molecule has 16 heavy (non-hydrogen) atoms. The number of hydrogen-bond acceptors (Lipinski definition) is 2. The van der Waals surface area contributed by atoms with Crippen molar-refractivity contribution >= 4 is 24.1 Å². The Morgan fingerprint density at radius 1 is 1.31 bits per heavy atom. The quantitative estimate of drug-likeness (QED) is 0.871. The Morgan fingerprint density at radius 2 is 1.94 bits per heavy atom. The number of halogens is 2. The normalized spacial score (nSPS) is 14.7. The highest BCUT2D eigenvalue weighted by atomic mass is 35.5. The summed E-state index contributed by atoms with van der Waals surface area (Å²) >= 11 is 0. The highest BCUT2D eigenvalue weighted by molar-refractivity contribution is 5.88.